The molecule has 106 valence electrons. The predicted octanol–water partition coefficient (Wildman–Crippen LogP) is 4.20. The first-order valence-electron chi connectivity index (χ1n) is 6.03. The van der Waals surface area contributed by atoms with E-state index in [1.807, 2.05) is 6.92 Å². The van der Waals surface area contributed by atoms with Crippen molar-refractivity contribution in [3.8, 4) is 0 Å². The van der Waals surface area contributed by atoms with E-state index >= 15 is 0 Å². The molecule has 3 N–H and O–H groups in total. The number of aromatic nitrogens is 2. The number of anilines is 3. The second-order valence-electron chi connectivity index (χ2n) is 4.21. The van der Waals surface area contributed by atoms with Crippen LogP contribution in [0.15, 0.2) is 18.5 Å². The van der Waals surface area contributed by atoms with Gasteiger partial charge in [-0.1, -0.05) is 36.5 Å². The molecule has 0 unspecified atom stereocenters. The van der Waals surface area contributed by atoms with Gasteiger partial charge < -0.3 is 11.1 Å². The van der Waals surface area contributed by atoms with Gasteiger partial charge in [0.2, 0.25) is 0 Å². The highest BCUT2D eigenvalue weighted by Gasteiger charge is 2.13. The lowest BCUT2D eigenvalue weighted by molar-refractivity contribution is 0.628. The minimum atomic E-state index is -0.499. The van der Waals surface area contributed by atoms with E-state index in [4.69, 9.17) is 28.9 Å². The highest BCUT2D eigenvalue weighted by atomic mass is 35.5. The van der Waals surface area contributed by atoms with Crippen molar-refractivity contribution in [3.63, 3.8) is 0 Å². The van der Waals surface area contributed by atoms with Gasteiger partial charge in [-0.25, -0.2) is 14.4 Å². The van der Waals surface area contributed by atoms with Crippen molar-refractivity contribution >= 4 is 40.5 Å². The zero-order valence-electron chi connectivity index (χ0n) is 10.8. The quantitative estimate of drug-likeness (QED) is 0.887. The lowest BCUT2D eigenvalue weighted by Gasteiger charge is -2.14. The van der Waals surface area contributed by atoms with Crippen LogP contribution in [0.1, 0.15) is 18.9 Å². The van der Waals surface area contributed by atoms with E-state index in [-0.39, 0.29) is 10.0 Å². The van der Waals surface area contributed by atoms with E-state index in [1.165, 1.54) is 18.5 Å². The van der Waals surface area contributed by atoms with Crippen molar-refractivity contribution < 1.29 is 4.39 Å². The van der Waals surface area contributed by atoms with Crippen molar-refractivity contribution in [2.45, 2.75) is 19.8 Å². The second-order valence-corrected chi connectivity index (χ2v) is 5.02. The van der Waals surface area contributed by atoms with Crippen molar-refractivity contribution in [2.24, 2.45) is 0 Å². The Morgan fingerprint density at radius 3 is 2.50 bits per heavy atom. The molecule has 0 aliphatic carbocycles. The van der Waals surface area contributed by atoms with Gasteiger partial charge in [-0.3, -0.25) is 0 Å². The summed E-state index contributed by atoms with van der Waals surface area (Å²) in [5.41, 5.74) is 7.02. The van der Waals surface area contributed by atoms with Crippen LogP contribution < -0.4 is 11.1 Å². The van der Waals surface area contributed by atoms with Gasteiger partial charge in [-0.15, -0.1) is 0 Å². The molecule has 1 aromatic carbocycles. The second kappa shape index (κ2) is 6.24. The van der Waals surface area contributed by atoms with Crippen LogP contribution in [-0.4, -0.2) is 9.97 Å². The van der Waals surface area contributed by atoms with E-state index in [0.29, 0.717) is 23.7 Å². The van der Waals surface area contributed by atoms with Crippen LogP contribution in [0.3, 0.4) is 0 Å². The molecule has 0 fully saturated rings. The summed E-state index contributed by atoms with van der Waals surface area (Å²) in [6.45, 7) is 2.02. The molecule has 0 saturated heterocycles. The van der Waals surface area contributed by atoms with Crippen LogP contribution in [0.2, 0.25) is 10.0 Å². The zero-order valence-corrected chi connectivity index (χ0v) is 12.3. The van der Waals surface area contributed by atoms with Crippen LogP contribution in [0.4, 0.5) is 21.7 Å². The Balaban J connectivity index is 2.43. The molecular weight excluding hydrogens is 302 g/mol. The number of halogens is 3. The minimum absolute atomic E-state index is 0.176. The van der Waals surface area contributed by atoms with Gasteiger partial charge in [0, 0.05) is 5.56 Å². The molecule has 0 amide bonds. The van der Waals surface area contributed by atoms with E-state index in [2.05, 4.69) is 15.3 Å². The van der Waals surface area contributed by atoms with Gasteiger partial charge in [0.25, 0.3) is 0 Å². The smallest absolute Gasteiger partial charge is 0.139 e. The maximum absolute atomic E-state index is 13.2. The van der Waals surface area contributed by atoms with E-state index in [0.717, 1.165) is 12.0 Å². The molecule has 4 nitrogen and oxygen atoms in total. The molecule has 0 aliphatic heterocycles. The van der Waals surface area contributed by atoms with Gasteiger partial charge in [-0.05, 0) is 18.6 Å². The number of nitrogens with two attached hydrogens (primary N) is 1. The summed E-state index contributed by atoms with van der Waals surface area (Å²) >= 11 is 12.0. The number of benzene rings is 1. The molecule has 0 spiro atoms. The maximum Gasteiger partial charge on any atom is 0.139 e. The van der Waals surface area contributed by atoms with Gasteiger partial charge in [0.1, 0.15) is 23.8 Å². The molecule has 0 radical (unpaired) electrons. The number of nitrogens with one attached hydrogen (secondary N) is 1. The summed E-state index contributed by atoms with van der Waals surface area (Å²) in [6, 6.07) is 2.36. The molecule has 0 aliphatic rings. The number of hydrogen-bond donors (Lipinski definition) is 2. The van der Waals surface area contributed by atoms with E-state index in [9.17, 15) is 4.39 Å². The molecule has 1 aromatic heterocycles. The monoisotopic (exact) mass is 314 g/mol. The fourth-order valence-corrected chi connectivity index (χ4v) is 2.37. The highest BCUT2D eigenvalue weighted by Crippen LogP contribution is 2.34. The van der Waals surface area contributed by atoms with Crippen molar-refractivity contribution in [3.05, 3.63) is 39.9 Å². The highest BCUT2D eigenvalue weighted by molar-refractivity contribution is 6.39. The molecule has 0 atom stereocenters. The number of rotatable bonds is 4. The van der Waals surface area contributed by atoms with Crippen molar-refractivity contribution in [1.82, 2.24) is 9.97 Å². The number of hydrogen-bond acceptors (Lipinski definition) is 4. The molecule has 0 bridgehead atoms. The van der Waals surface area contributed by atoms with Crippen molar-refractivity contribution in [2.75, 3.05) is 11.1 Å². The molecular formula is C13H13Cl2FN4. The summed E-state index contributed by atoms with van der Waals surface area (Å²) in [6.07, 6.45) is 2.95. The third-order valence-electron chi connectivity index (χ3n) is 2.73. The Bertz CT molecular complexity index is 611. The Hall–Kier alpha value is -1.59. The molecule has 0 saturated carbocycles. The third kappa shape index (κ3) is 3.11. The van der Waals surface area contributed by atoms with E-state index in [1.54, 1.807) is 0 Å². The fourth-order valence-electron chi connectivity index (χ4n) is 1.81. The first-order chi connectivity index (χ1) is 9.52. The van der Waals surface area contributed by atoms with Crippen LogP contribution in [0.25, 0.3) is 0 Å². The SMILES string of the molecule is CCCc1c(N)ncnc1Nc1c(Cl)cc(F)cc1Cl. The summed E-state index contributed by atoms with van der Waals surface area (Å²) in [5.74, 6) is 0.426. The van der Waals surface area contributed by atoms with E-state index < -0.39 is 5.82 Å². The van der Waals surface area contributed by atoms with Crippen LogP contribution >= 0.6 is 23.2 Å². The Morgan fingerprint density at radius 2 is 1.90 bits per heavy atom. The topological polar surface area (TPSA) is 63.8 Å². The Kier molecular flexibility index (Phi) is 4.62. The molecule has 20 heavy (non-hydrogen) atoms. The van der Waals surface area contributed by atoms with Gasteiger partial charge in [0.05, 0.1) is 15.7 Å². The van der Waals surface area contributed by atoms with Gasteiger partial charge >= 0.3 is 0 Å². The lowest BCUT2D eigenvalue weighted by atomic mass is 10.1. The van der Waals surface area contributed by atoms with Crippen LogP contribution in [0, 0.1) is 5.82 Å². The first kappa shape index (κ1) is 14.8. The summed E-state index contributed by atoms with van der Waals surface area (Å²) < 4.78 is 13.2. The molecule has 7 heteroatoms. The van der Waals surface area contributed by atoms with Crippen LogP contribution in [-0.2, 0) is 6.42 Å². The zero-order chi connectivity index (χ0) is 14.7. The summed E-state index contributed by atoms with van der Waals surface area (Å²) in [4.78, 5) is 8.10. The van der Waals surface area contributed by atoms with Gasteiger partial charge in [0.15, 0.2) is 0 Å². The standard InChI is InChI=1S/C13H13Cl2FN4/c1-2-3-8-12(17)18-6-19-13(8)20-11-9(14)4-7(16)5-10(11)15/h4-6H,2-3H2,1H3,(H3,17,18,19,20). The Labute approximate surface area is 126 Å². The average Bonchev–Trinajstić information content (AvgIpc) is 2.37. The lowest BCUT2D eigenvalue weighted by Crippen LogP contribution is -2.05. The summed E-state index contributed by atoms with van der Waals surface area (Å²) in [5, 5.41) is 3.35. The fraction of sp³-hybridized carbons (Fsp3) is 0.231. The normalized spacial score (nSPS) is 10.6. The molecule has 2 aromatic rings. The largest absolute Gasteiger partial charge is 0.383 e. The number of nitrogens with zero attached hydrogens (tertiary/aromatic N) is 2. The molecule has 1 heterocycles. The summed E-state index contributed by atoms with van der Waals surface area (Å²) in [7, 11) is 0. The van der Waals surface area contributed by atoms with Gasteiger partial charge in [-0.2, -0.15) is 0 Å². The molecule has 2 rings (SSSR count). The predicted molar refractivity (Wildman–Crippen MR) is 80.1 cm³/mol. The Morgan fingerprint density at radius 1 is 1.25 bits per heavy atom. The van der Waals surface area contributed by atoms with Crippen molar-refractivity contribution in [1.29, 1.82) is 0 Å². The van der Waals surface area contributed by atoms with Crippen LogP contribution in [0.5, 0.6) is 0 Å². The third-order valence-corrected chi connectivity index (χ3v) is 3.33. The first-order valence-corrected chi connectivity index (χ1v) is 6.79. The number of nitrogen functional groups attached to an aromatic ring is 1. The minimum Gasteiger partial charge on any atom is -0.383 e. The maximum atomic E-state index is 13.2. The average molecular weight is 315 g/mol.